The average molecular weight is 502 g/mol. The highest BCUT2D eigenvalue weighted by Crippen LogP contribution is 2.28. The van der Waals surface area contributed by atoms with Gasteiger partial charge >= 0.3 is 0 Å². The van der Waals surface area contributed by atoms with E-state index in [4.69, 9.17) is 5.10 Å². The second-order valence-corrected chi connectivity index (χ2v) is 9.28. The average Bonchev–Trinajstić information content (AvgIpc) is 3.75. The van der Waals surface area contributed by atoms with E-state index in [-0.39, 0.29) is 11.8 Å². The third kappa shape index (κ3) is 4.50. The maximum Gasteiger partial charge on any atom is 0.275 e. The highest BCUT2D eigenvalue weighted by atomic mass is 16.2. The number of para-hydroxylation sites is 3. The molecule has 3 heterocycles. The summed E-state index contributed by atoms with van der Waals surface area (Å²) in [6, 6.07) is 32.4. The lowest BCUT2D eigenvalue weighted by Crippen LogP contribution is -2.43. The van der Waals surface area contributed by atoms with Crippen LogP contribution in [-0.2, 0) is 4.79 Å². The molecule has 0 radical (unpaired) electrons. The number of hydrogen-bond donors (Lipinski definition) is 1. The van der Waals surface area contributed by atoms with Crippen LogP contribution in [0.4, 0.5) is 5.69 Å². The molecule has 1 saturated heterocycles. The molecule has 5 aromatic rings. The zero-order chi connectivity index (χ0) is 25.9. The van der Waals surface area contributed by atoms with E-state index in [1.54, 1.807) is 9.58 Å². The maximum atomic E-state index is 13.8. The predicted molar refractivity (Wildman–Crippen MR) is 147 cm³/mol. The monoisotopic (exact) mass is 501 g/mol. The summed E-state index contributed by atoms with van der Waals surface area (Å²) in [4.78, 5) is 28.9. The van der Waals surface area contributed by atoms with Gasteiger partial charge in [0.2, 0.25) is 5.91 Å². The van der Waals surface area contributed by atoms with Gasteiger partial charge in [0.25, 0.3) is 5.91 Å². The van der Waals surface area contributed by atoms with E-state index in [2.05, 4.69) is 5.32 Å². The lowest BCUT2D eigenvalue weighted by atomic mass is 10.1. The first-order chi connectivity index (χ1) is 18.7. The fourth-order valence-electron chi connectivity index (χ4n) is 5.01. The van der Waals surface area contributed by atoms with E-state index in [0.717, 1.165) is 29.1 Å². The lowest BCUT2D eigenvalue weighted by molar-refractivity contribution is -0.119. The van der Waals surface area contributed by atoms with Crippen molar-refractivity contribution in [1.29, 1.82) is 0 Å². The van der Waals surface area contributed by atoms with Crippen molar-refractivity contribution in [2.75, 3.05) is 11.9 Å². The van der Waals surface area contributed by atoms with Gasteiger partial charge < -0.3 is 14.8 Å². The molecule has 1 atom stereocenters. The van der Waals surface area contributed by atoms with Crippen molar-refractivity contribution in [3.05, 3.63) is 121 Å². The van der Waals surface area contributed by atoms with Crippen molar-refractivity contribution in [2.45, 2.75) is 18.9 Å². The summed E-state index contributed by atoms with van der Waals surface area (Å²) in [6.07, 6.45) is 5.23. The molecule has 1 N–H and O–H groups in total. The minimum absolute atomic E-state index is 0.193. The summed E-state index contributed by atoms with van der Waals surface area (Å²) in [6.45, 7) is 0.509. The van der Waals surface area contributed by atoms with Crippen LogP contribution in [0.5, 0.6) is 0 Å². The number of carbonyl (C=O) groups excluding carboxylic acids is 2. The first-order valence-electron chi connectivity index (χ1n) is 12.7. The topological polar surface area (TPSA) is 72.2 Å². The number of aromatic nitrogens is 3. The first-order valence-corrected chi connectivity index (χ1v) is 12.7. The summed E-state index contributed by atoms with van der Waals surface area (Å²) < 4.78 is 3.75. The Morgan fingerprint density at radius 3 is 2.26 bits per heavy atom. The summed E-state index contributed by atoms with van der Waals surface area (Å²) in [5, 5.41) is 7.78. The second kappa shape index (κ2) is 10.2. The Morgan fingerprint density at radius 2 is 1.50 bits per heavy atom. The SMILES string of the molecule is O=C(Nc1ccccc1-n1cccc1)[C@@H]1CCCN1C(=O)c1cc(-c2ccccc2)n(-c2ccccc2)n1. The van der Waals surface area contributed by atoms with Gasteiger partial charge in [-0.05, 0) is 55.3 Å². The van der Waals surface area contributed by atoms with Crippen molar-refractivity contribution >= 4 is 17.5 Å². The predicted octanol–water partition coefficient (Wildman–Crippen LogP) is 5.57. The summed E-state index contributed by atoms with van der Waals surface area (Å²) >= 11 is 0. The molecule has 0 bridgehead atoms. The van der Waals surface area contributed by atoms with Crippen LogP contribution in [0.15, 0.2) is 116 Å². The molecule has 1 fully saturated rings. The molecular formula is C31H27N5O2. The molecule has 2 aromatic heterocycles. The van der Waals surface area contributed by atoms with Gasteiger partial charge in [-0.1, -0.05) is 60.7 Å². The molecule has 3 aromatic carbocycles. The van der Waals surface area contributed by atoms with Crippen LogP contribution in [-0.4, -0.2) is 43.6 Å². The molecule has 0 aliphatic carbocycles. The Labute approximate surface area is 221 Å². The summed E-state index contributed by atoms with van der Waals surface area (Å²) in [5.41, 5.74) is 4.53. The molecule has 0 saturated carbocycles. The van der Waals surface area contributed by atoms with Crippen LogP contribution in [0.25, 0.3) is 22.6 Å². The number of nitrogens with zero attached hydrogens (tertiary/aromatic N) is 4. The van der Waals surface area contributed by atoms with E-state index in [1.165, 1.54) is 0 Å². The van der Waals surface area contributed by atoms with Gasteiger partial charge in [-0.15, -0.1) is 0 Å². The number of likely N-dealkylation sites (tertiary alicyclic amines) is 1. The smallest absolute Gasteiger partial charge is 0.275 e. The normalized spacial score (nSPS) is 14.9. The molecule has 1 aliphatic rings. The molecule has 1 aliphatic heterocycles. The molecule has 0 unspecified atom stereocenters. The van der Waals surface area contributed by atoms with Crippen molar-refractivity contribution in [2.24, 2.45) is 0 Å². The Balaban J connectivity index is 1.29. The third-order valence-corrected chi connectivity index (χ3v) is 6.86. The van der Waals surface area contributed by atoms with E-state index in [0.29, 0.717) is 24.3 Å². The van der Waals surface area contributed by atoms with Crippen molar-refractivity contribution in [3.63, 3.8) is 0 Å². The lowest BCUT2D eigenvalue weighted by Gasteiger charge is -2.23. The highest BCUT2D eigenvalue weighted by Gasteiger charge is 2.36. The molecule has 6 rings (SSSR count). The number of amides is 2. The molecule has 38 heavy (non-hydrogen) atoms. The number of benzene rings is 3. The van der Waals surface area contributed by atoms with Crippen LogP contribution in [0, 0.1) is 0 Å². The van der Waals surface area contributed by atoms with Gasteiger partial charge in [-0.25, -0.2) is 4.68 Å². The first kappa shape index (κ1) is 23.5. The van der Waals surface area contributed by atoms with Gasteiger partial charge in [0.05, 0.1) is 22.8 Å². The van der Waals surface area contributed by atoms with Gasteiger partial charge in [0.1, 0.15) is 6.04 Å². The third-order valence-electron chi connectivity index (χ3n) is 6.86. The second-order valence-electron chi connectivity index (χ2n) is 9.28. The molecule has 0 spiro atoms. The van der Waals surface area contributed by atoms with Crippen LogP contribution < -0.4 is 5.32 Å². The minimum atomic E-state index is -0.567. The van der Waals surface area contributed by atoms with E-state index in [9.17, 15) is 9.59 Å². The van der Waals surface area contributed by atoms with Gasteiger partial charge in [0, 0.05) is 24.5 Å². The Hall–Kier alpha value is -4.91. The summed E-state index contributed by atoms with van der Waals surface area (Å²) in [5.74, 6) is -0.436. The van der Waals surface area contributed by atoms with Crippen molar-refractivity contribution in [3.8, 4) is 22.6 Å². The van der Waals surface area contributed by atoms with Crippen molar-refractivity contribution < 1.29 is 9.59 Å². The quantitative estimate of drug-likeness (QED) is 0.331. The molecule has 7 heteroatoms. The number of nitrogens with one attached hydrogen (secondary N) is 1. The zero-order valence-electron chi connectivity index (χ0n) is 20.8. The van der Waals surface area contributed by atoms with Crippen LogP contribution in [0.1, 0.15) is 23.3 Å². The summed E-state index contributed by atoms with van der Waals surface area (Å²) in [7, 11) is 0. The molecule has 2 amide bonds. The van der Waals surface area contributed by atoms with E-state index in [1.807, 2.05) is 120 Å². The van der Waals surface area contributed by atoms with Crippen LogP contribution >= 0.6 is 0 Å². The van der Waals surface area contributed by atoms with E-state index >= 15 is 0 Å². The number of hydrogen-bond acceptors (Lipinski definition) is 3. The van der Waals surface area contributed by atoms with Gasteiger partial charge in [-0.3, -0.25) is 9.59 Å². The van der Waals surface area contributed by atoms with E-state index < -0.39 is 6.04 Å². The largest absolute Gasteiger partial charge is 0.325 e. The Morgan fingerprint density at radius 1 is 0.816 bits per heavy atom. The van der Waals surface area contributed by atoms with Crippen molar-refractivity contribution in [1.82, 2.24) is 19.2 Å². The number of anilines is 1. The fourth-order valence-corrected chi connectivity index (χ4v) is 5.01. The van der Waals surface area contributed by atoms with Crippen LogP contribution in [0.2, 0.25) is 0 Å². The molecular weight excluding hydrogens is 474 g/mol. The van der Waals surface area contributed by atoms with Gasteiger partial charge in [0.15, 0.2) is 5.69 Å². The minimum Gasteiger partial charge on any atom is -0.325 e. The van der Waals surface area contributed by atoms with Crippen LogP contribution in [0.3, 0.4) is 0 Å². The Kier molecular flexibility index (Phi) is 6.32. The standard InChI is InChI=1S/C31H27N5O2/c37-30(32-25-16-7-8-17-27(25)34-19-9-10-20-34)28-18-11-21-35(28)31(38)26-22-29(23-12-3-1-4-13-23)36(33-26)24-14-5-2-6-15-24/h1-10,12-17,19-20,22,28H,11,18,21H2,(H,32,37)/t28-/m0/s1. The fraction of sp³-hybridized carbons (Fsp3) is 0.129. The Bertz CT molecular complexity index is 1500. The number of rotatable bonds is 6. The zero-order valence-corrected chi connectivity index (χ0v) is 20.8. The molecule has 188 valence electrons. The number of carbonyl (C=O) groups is 2. The maximum absolute atomic E-state index is 13.8. The van der Waals surface area contributed by atoms with Gasteiger partial charge in [-0.2, -0.15) is 5.10 Å². The highest BCUT2D eigenvalue weighted by molar-refractivity contribution is 6.02. The molecule has 7 nitrogen and oxygen atoms in total.